The van der Waals surface area contributed by atoms with E-state index >= 15 is 0 Å². The van der Waals surface area contributed by atoms with Gasteiger partial charge in [-0.2, -0.15) is 4.98 Å². The van der Waals surface area contributed by atoms with Crippen LogP contribution in [-0.4, -0.2) is 74.3 Å². The van der Waals surface area contributed by atoms with E-state index in [1.165, 1.54) is 23.5 Å². The van der Waals surface area contributed by atoms with Gasteiger partial charge in [0.25, 0.3) is 5.91 Å². The first kappa shape index (κ1) is 23.3. The van der Waals surface area contributed by atoms with Gasteiger partial charge in [-0.1, -0.05) is 0 Å². The molecule has 0 spiro atoms. The average Bonchev–Trinajstić information content (AvgIpc) is 3.16. The maximum Gasteiger partial charge on any atom is 0.261 e. The minimum Gasteiger partial charge on any atom is -0.480 e. The van der Waals surface area contributed by atoms with Gasteiger partial charge < -0.3 is 19.7 Å². The summed E-state index contributed by atoms with van der Waals surface area (Å²) in [6, 6.07) is 6.62. The van der Waals surface area contributed by atoms with Gasteiger partial charge in [0.05, 0.1) is 17.4 Å². The zero-order chi connectivity index (χ0) is 23.4. The van der Waals surface area contributed by atoms with E-state index in [4.69, 9.17) is 9.47 Å². The molecule has 33 heavy (non-hydrogen) atoms. The van der Waals surface area contributed by atoms with E-state index in [1.54, 1.807) is 14.2 Å². The van der Waals surface area contributed by atoms with Gasteiger partial charge in [-0.3, -0.25) is 9.69 Å². The number of piperazine rings is 1. The Morgan fingerprint density at radius 1 is 1.15 bits per heavy atom. The molecule has 0 atom stereocenters. The number of halogens is 1. The second-order valence-corrected chi connectivity index (χ2v) is 8.88. The fourth-order valence-electron chi connectivity index (χ4n) is 3.99. The summed E-state index contributed by atoms with van der Waals surface area (Å²) in [5, 5.41) is 3.80. The van der Waals surface area contributed by atoms with Crippen LogP contribution in [0.4, 0.5) is 10.1 Å². The number of aromatic nitrogens is 2. The Balaban J connectivity index is 1.33. The quantitative estimate of drug-likeness (QED) is 0.539. The number of thiophene rings is 1. The molecule has 3 aromatic rings. The molecular formula is C23H28FN5O3S. The number of nitrogens with one attached hydrogen (secondary N) is 1. The lowest BCUT2D eigenvalue weighted by molar-refractivity contribution is 0.0951. The molecule has 0 radical (unpaired) electrons. The van der Waals surface area contributed by atoms with Gasteiger partial charge in [0, 0.05) is 52.1 Å². The number of hydrogen-bond acceptors (Lipinski definition) is 8. The molecule has 0 saturated carbocycles. The van der Waals surface area contributed by atoms with Crippen molar-refractivity contribution in [3.05, 3.63) is 46.3 Å². The number of rotatable bonds is 8. The molecule has 1 aromatic carbocycles. The average molecular weight is 474 g/mol. The maximum atomic E-state index is 13.1. The molecule has 1 N–H and O–H groups in total. The van der Waals surface area contributed by atoms with Gasteiger partial charge in [0.15, 0.2) is 5.82 Å². The van der Waals surface area contributed by atoms with Crippen LogP contribution in [0.25, 0.3) is 10.2 Å². The Hall–Kier alpha value is -2.82. The van der Waals surface area contributed by atoms with Crippen LogP contribution in [-0.2, 0) is 11.3 Å². The minimum atomic E-state index is -0.220. The summed E-state index contributed by atoms with van der Waals surface area (Å²) >= 11 is 1.34. The molecule has 10 heteroatoms. The topological polar surface area (TPSA) is 79.8 Å². The van der Waals surface area contributed by atoms with Crippen molar-refractivity contribution in [1.82, 2.24) is 20.2 Å². The lowest BCUT2D eigenvalue weighted by atomic mass is 10.2. The van der Waals surface area contributed by atoms with Crippen molar-refractivity contribution in [2.24, 2.45) is 0 Å². The second kappa shape index (κ2) is 10.4. The van der Waals surface area contributed by atoms with Gasteiger partial charge in [0.2, 0.25) is 5.88 Å². The molecular weight excluding hydrogens is 445 g/mol. The van der Waals surface area contributed by atoms with E-state index in [-0.39, 0.29) is 18.3 Å². The monoisotopic (exact) mass is 473 g/mol. The number of amides is 1. The predicted octanol–water partition coefficient (Wildman–Crippen LogP) is 2.85. The number of nitrogens with zero attached hydrogens (tertiary/aromatic N) is 4. The largest absolute Gasteiger partial charge is 0.480 e. The first-order valence-electron chi connectivity index (χ1n) is 10.8. The number of methoxy groups -OCH3 is 2. The maximum absolute atomic E-state index is 13.1. The van der Waals surface area contributed by atoms with Gasteiger partial charge in [-0.25, -0.2) is 9.37 Å². The molecule has 1 fully saturated rings. The van der Waals surface area contributed by atoms with Gasteiger partial charge in [-0.15, -0.1) is 11.3 Å². The van der Waals surface area contributed by atoms with E-state index in [0.717, 1.165) is 49.4 Å². The SMILES string of the molecule is COCc1nc(OC)c2c(C)c(C(=O)NCCN3CCN(c4ccc(F)cc4)CC3)sc2n1. The van der Waals surface area contributed by atoms with Crippen molar-refractivity contribution in [1.29, 1.82) is 0 Å². The van der Waals surface area contributed by atoms with E-state index in [9.17, 15) is 9.18 Å². The number of benzene rings is 1. The van der Waals surface area contributed by atoms with Crippen molar-refractivity contribution in [3.63, 3.8) is 0 Å². The van der Waals surface area contributed by atoms with E-state index < -0.39 is 0 Å². The minimum absolute atomic E-state index is 0.115. The molecule has 1 aliphatic rings. The summed E-state index contributed by atoms with van der Waals surface area (Å²) in [6.45, 7) is 7.03. The summed E-state index contributed by atoms with van der Waals surface area (Å²) in [6.07, 6.45) is 0. The van der Waals surface area contributed by atoms with Crippen LogP contribution < -0.4 is 15.0 Å². The van der Waals surface area contributed by atoms with Gasteiger partial charge in [0.1, 0.15) is 17.3 Å². The Morgan fingerprint density at radius 2 is 1.88 bits per heavy atom. The van der Waals surface area contributed by atoms with Crippen molar-refractivity contribution < 1.29 is 18.7 Å². The molecule has 8 nitrogen and oxygen atoms in total. The highest BCUT2D eigenvalue weighted by Crippen LogP contribution is 2.35. The molecule has 3 heterocycles. The summed E-state index contributed by atoms with van der Waals surface area (Å²) in [4.78, 5) is 27.7. The third-order valence-corrected chi connectivity index (χ3v) is 6.94. The molecule has 1 amide bonds. The van der Waals surface area contributed by atoms with E-state index in [0.29, 0.717) is 28.0 Å². The van der Waals surface area contributed by atoms with Crippen molar-refractivity contribution in [3.8, 4) is 5.88 Å². The van der Waals surface area contributed by atoms with Crippen molar-refractivity contribution >= 4 is 33.1 Å². The van der Waals surface area contributed by atoms with Crippen LogP contribution in [0.1, 0.15) is 21.1 Å². The Bertz CT molecular complexity index is 1110. The van der Waals surface area contributed by atoms with Crippen molar-refractivity contribution in [2.75, 3.05) is 58.4 Å². The molecule has 1 saturated heterocycles. The highest BCUT2D eigenvalue weighted by Gasteiger charge is 2.22. The van der Waals surface area contributed by atoms with Crippen LogP contribution in [0.15, 0.2) is 24.3 Å². The van der Waals surface area contributed by atoms with E-state index in [2.05, 4.69) is 25.1 Å². The van der Waals surface area contributed by atoms with Crippen LogP contribution >= 0.6 is 11.3 Å². The number of carbonyl (C=O) groups is 1. The highest BCUT2D eigenvalue weighted by molar-refractivity contribution is 7.20. The number of anilines is 1. The fraction of sp³-hybridized carbons (Fsp3) is 0.435. The molecule has 176 valence electrons. The van der Waals surface area contributed by atoms with Crippen LogP contribution in [0.3, 0.4) is 0 Å². The number of hydrogen-bond donors (Lipinski definition) is 1. The van der Waals surface area contributed by atoms with E-state index in [1.807, 2.05) is 19.1 Å². The molecule has 0 unspecified atom stereocenters. The normalized spacial score (nSPS) is 14.6. The second-order valence-electron chi connectivity index (χ2n) is 7.88. The predicted molar refractivity (Wildman–Crippen MR) is 127 cm³/mol. The summed E-state index contributed by atoms with van der Waals surface area (Å²) in [7, 11) is 3.15. The lowest BCUT2D eigenvalue weighted by Gasteiger charge is -2.36. The van der Waals surface area contributed by atoms with Crippen LogP contribution in [0.2, 0.25) is 0 Å². The lowest BCUT2D eigenvalue weighted by Crippen LogP contribution is -2.48. The number of carbonyl (C=O) groups excluding carboxylic acids is 1. The number of aryl methyl sites for hydroxylation is 1. The third-order valence-electron chi connectivity index (χ3n) is 5.75. The standard InChI is InChI=1S/C23H28FN5O3S/c1-15-19-22(32-3)26-18(14-31-2)27-23(19)33-20(15)21(30)25-8-9-28-10-12-29(13-11-28)17-6-4-16(24)5-7-17/h4-7H,8-14H2,1-3H3,(H,25,30). The van der Waals surface area contributed by atoms with Crippen LogP contribution in [0, 0.1) is 12.7 Å². The first-order chi connectivity index (χ1) is 16.0. The molecule has 0 bridgehead atoms. The molecule has 1 aliphatic heterocycles. The molecule has 0 aliphatic carbocycles. The van der Waals surface area contributed by atoms with Gasteiger partial charge in [-0.05, 0) is 36.8 Å². The Kier molecular flexibility index (Phi) is 7.36. The smallest absolute Gasteiger partial charge is 0.261 e. The Morgan fingerprint density at radius 3 is 2.55 bits per heavy atom. The Labute approximate surface area is 196 Å². The first-order valence-corrected chi connectivity index (χ1v) is 11.7. The fourth-order valence-corrected chi connectivity index (χ4v) is 5.10. The summed E-state index contributed by atoms with van der Waals surface area (Å²) < 4.78 is 23.7. The summed E-state index contributed by atoms with van der Waals surface area (Å²) in [5.41, 5.74) is 1.86. The van der Waals surface area contributed by atoms with Gasteiger partial charge >= 0.3 is 0 Å². The third kappa shape index (κ3) is 5.23. The van der Waals surface area contributed by atoms with Crippen LogP contribution in [0.5, 0.6) is 5.88 Å². The zero-order valence-corrected chi connectivity index (χ0v) is 19.9. The summed E-state index contributed by atoms with van der Waals surface area (Å²) in [5.74, 6) is 0.646. The zero-order valence-electron chi connectivity index (χ0n) is 19.1. The molecule has 4 rings (SSSR count). The molecule has 2 aromatic heterocycles. The number of fused-ring (bicyclic) bond motifs is 1. The van der Waals surface area contributed by atoms with Crippen molar-refractivity contribution in [2.45, 2.75) is 13.5 Å². The highest BCUT2D eigenvalue weighted by atomic mass is 32.1. The number of ether oxygens (including phenoxy) is 2.